The third kappa shape index (κ3) is 3.75. The predicted octanol–water partition coefficient (Wildman–Crippen LogP) is 2.67. The average Bonchev–Trinajstić information content (AvgIpc) is 2.71. The fourth-order valence-corrected chi connectivity index (χ4v) is 1.61. The maximum absolute atomic E-state index is 11.6. The molecule has 1 heterocycles. The molecule has 0 N–H and O–H groups in total. The molecule has 86 valence electrons. The number of thiophene rings is 1. The summed E-state index contributed by atoms with van der Waals surface area (Å²) in [7, 11) is 0. The molecule has 0 amide bonds. The van der Waals surface area contributed by atoms with Crippen LogP contribution in [0.2, 0.25) is 0 Å². The van der Waals surface area contributed by atoms with E-state index in [-0.39, 0.29) is 10.9 Å². The molecule has 0 saturated heterocycles. The zero-order chi connectivity index (χ0) is 12.0. The summed E-state index contributed by atoms with van der Waals surface area (Å²) in [6, 6.07) is 1.78. The van der Waals surface area contributed by atoms with Gasteiger partial charge in [-0.3, -0.25) is 0 Å². The van der Waals surface area contributed by atoms with Gasteiger partial charge in [0.1, 0.15) is 5.17 Å². The molecule has 0 aliphatic carbocycles. The van der Waals surface area contributed by atoms with E-state index in [0.29, 0.717) is 12.2 Å². The molecule has 0 bridgehead atoms. The topological polar surface area (TPSA) is 51.0 Å². The van der Waals surface area contributed by atoms with E-state index >= 15 is 0 Å². The van der Waals surface area contributed by atoms with Gasteiger partial charge in [-0.05, 0) is 25.3 Å². The molecule has 0 saturated carbocycles. The predicted molar refractivity (Wildman–Crippen MR) is 66.5 cm³/mol. The number of esters is 1. The van der Waals surface area contributed by atoms with Gasteiger partial charge in [0.25, 0.3) is 0 Å². The van der Waals surface area contributed by atoms with Gasteiger partial charge < -0.3 is 4.74 Å². The lowest BCUT2D eigenvalue weighted by atomic mass is 10.2. The van der Waals surface area contributed by atoms with Crippen LogP contribution in [0.25, 0.3) is 0 Å². The van der Waals surface area contributed by atoms with E-state index in [9.17, 15) is 4.79 Å². The minimum absolute atomic E-state index is 0.170. The van der Waals surface area contributed by atoms with Gasteiger partial charge >= 0.3 is 5.97 Å². The number of carbonyl (C=O) groups excluding carboxylic acids is 1. The van der Waals surface area contributed by atoms with Crippen LogP contribution in [0.5, 0.6) is 0 Å². The molecular weight excluding hydrogens is 248 g/mol. The minimum Gasteiger partial charge on any atom is -0.461 e. The molecule has 0 atom stereocenters. The summed E-state index contributed by atoms with van der Waals surface area (Å²) >= 11 is 7.03. The van der Waals surface area contributed by atoms with Crippen LogP contribution in [0.4, 0.5) is 0 Å². The summed E-state index contributed by atoms with van der Waals surface area (Å²) in [6.45, 7) is 3.62. The van der Waals surface area contributed by atoms with E-state index in [1.807, 2.05) is 5.38 Å². The normalized spacial score (nSPS) is 12.7. The van der Waals surface area contributed by atoms with Crippen molar-refractivity contribution in [3.63, 3.8) is 0 Å². The summed E-state index contributed by atoms with van der Waals surface area (Å²) in [6.07, 6.45) is 0. The number of halogens is 1. The van der Waals surface area contributed by atoms with Gasteiger partial charge in [0.2, 0.25) is 0 Å². The molecule has 0 aliphatic rings. The number of hydrogen-bond acceptors (Lipinski definition) is 5. The Kier molecular flexibility index (Phi) is 5.14. The Morgan fingerprint density at radius 1 is 1.56 bits per heavy atom. The molecule has 0 radical (unpaired) electrons. The Bertz CT molecular complexity index is 408. The Morgan fingerprint density at radius 2 is 2.31 bits per heavy atom. The number of ether oxygens (including phenoxy) is 1. The third-order valence-corrected chi connectivity index (χ3v) is 2.31. The summed E-state index contributed by atoms with van der Waals surface area (Å²) in [5.74, 6) is -0.498. The van der Waals surface area contributed by atoms with Crippen LogP contribution < -0.4 is 0 Å². The standard InChI is InChI=1S/C10H11ClN2O2S/c1-3-15-10(14)9(13-12-7(2)11)8-4-5-16-6-8/h4-6H,3H2,1-2H3. The number of hydrogen-bond donors (Lipinski definition) is 0. The highest BCUT2D eigenvalue weighted by Gasteiger charge is 2.15. The average molecular weight is 259 g/mol. The second kappa shape index (κ2) is 6.40. The molecule has 0 aromatic carbocycles. The molecule has 0 fully saturated rings. The highest BCUT2D eigenvalue weighted by molar-refractivity contribution is 7.08. The molecule has 0 unspecified atom stereocenters. The van der Waals surface area contributed by atoms with E-state index < -0.39 is 5.97 Å². The van der Waals surface area contributed by atoms with Crippen molar-refractivity contribution in [2.45, 2.75) is 13.8 Å². The lowest BCUT2D eigenvalue weighted by Gasteiger charge is -2.01. The zero-order valence-electron chi connectivity index (χ0n) is 8.94. The monoisotopic (exact) mass is 258 g/mol. The van der Waals surface area contributed by atoms with E-state index in [4.69, 9.17) is 16.3 Å². The van der Waals surface area contributed by atoms with Crippen molar-refractivity contribution in [2.24, 2.45) is 10.2 Å². The van der Waals surface area contributed by atoms with E-state index in [2.05, 4.69) is 10.2 Å². The lowest BCUT2D eigenvalue weighted by Crippen LogP contribution is -2.18. The van der Waals surface area contributed by atoms with Crippen LogP contribution in [-0.4, -0.2) is 23.5 Å². The van der Waals surface area contributed by atoms with Crippen LogP contribution in [0, 0.1) is 0 Å². The van der Waals surface area contributed by atoms with Gasteiger partial charge in [0.15, 0.2) is 5.71 Å². The van der Waals surface area contributed by atoms with Crippen molar-refractivity contribution in [1.29, 1.82) is 0 Å². The minimum atomic E-state index is -0.498. The van der Waals surface area contributed by atoms with Gasteiger partial charge in [0.05, 0.1) is 6.61 Å². The third-order valence-electron chi connectivity index (χ3n) is 1.55. The largest absolute Gasteiger partial charge is 0.461 e. The Balaban J connectivity index is 2.99. The molecule has 16 heavy (non-hydrogen) atoms. The van der Waals surface area contributed by atoms with Crippen molar-refractivity contribution in [2.75, 3.05) is 6.61 Å². The van der Waals surface area contributed by atoms with Crippen LogP contribution in [0.15, 0.2) is 27.0 Å². The lowest BCUT2D eigenvalue weighted by molar-refractivity contribution is -0.134. The van der Waals surface area contributed by atoms with Crippen molar-refractivity contribution in [1.82, 2.24) is 0 Å². The van der Waals surface area contributed by atoms with Crippen LogP contribution >= 0.6 is 22.9 Å². The summed E-state index contributed by atoms with van der Waals surface area (Å²) in [4.78, 5) is 11.6. The van der Waals surface area contributed by atoms with Crippen molar-refractivity contribution in [3.8, 4) is 0 Å². The summed E-state index contributed by atoms with van der Waals surface area (Å²) in [5, 5.41) is 11.4. The molecule has 1 aromatic heterocycles. The first-order valence-electron chi connectivity index (χ1n) is 4.62. The van der Waals surface area contributed by atoms with Crippen LogP contribution in [-0.2, 0) is 9.53 Å². The van der Waals surface area contributed by atoms with Gasteiger partial charge in [0, 0.05) is 10.9 Å². The fraction of sp³-hybridized carbons (Fsp3) is 0.300. The SMILES string of the molecule is CCOC(=O)C(=NN=C(C)Cl)c1ccsc1. The highest BCUT2D eigenvalue weighted by Crippen LogP contribution is 2.09. The van der Waals surface area contributed by atoms with E-state index in [1.165, 1.54) is 11.3 Å². The maximum Gasteiger partial charge on any atom is 0.359 e. The van der Waals surface area contributed by atoms with Crippen LogP contribution in [0.1, 0.15) is 19.4 Å². The molecule has 1 rings (SSSR count). The summed E-state index contributed by atoms with van der Waals surface area (Å²) < 4.78 is 4.88. The number of rotatable bonds is 4. The maximum atomic E-state index is 11.6. The molecular formula is C10H11ClN2O2S. The molecule has 0 aliphatic heterocycles. The Morgan fingerprint density at radius 3 is 2.81 bits per heavy atom. The molecule has 4 nitrogen and oxygen atoms in total. The number of nitrogens with zero attached hydrogens (tertiary/aromatic N) is 2. The first-order valence-corrected chi connectivity index (χ1v) is 5.94. The Labute approximate surface area is 103 Å². The van der Waals surface area contributed by atoms with Gasteiger partial charge in [-0.1, -0.05) is 11.6 Å². The van der Waals surface area contributed by atoms with Gasteiger partial charge in [-0.2, -0.15) is 11.3 Å². The molecule has 0 spiro atoms. The molecule has 6 heteroatoms. The second-order valence-electron chi connectivity index (χ2n) is 2.78. The first kappa shape index (κ1) is 12.9. The van der Waals surface area contributed by atoms with Gasteiger partial charge in [-0.15, -0.1) is 10.2 Å². The van der Waals surface area contributed by atoms with Crippen molar-refractivity contribution < 1.29 is 9.53 Å². The van der Waals surface area contributed by atoms with Crippen molar-refractivity contribution >= 4 is 39.8 Å². The Hall–Kier alpha value is -1.20. The smallest absolute Gasteiger partial charge is 0.359 e. The van der Waals surface area contributed by atoms with E-state index in [1.54, 1.807) is 25.3 Å². The number of carbonyl (C=O) groups is 1. The first-order chi connectivity index (χ1) is 7.65. The quantitative estimate of drug-likeness (QED) is 0.474. The second-order valence-corrected chi connectivity index (χ2v) is 4.11. The molecule has 1 aromatic rings. The highest BCUT2D eigenvalue weighted by atomic mass is 35.5. The fourth-order valence-electron chi connectivity index (χ4n) is 0.934. The van der Waals surface area contributed by atoms with Crippen molar-refractivity contribution in [3.05, 3.63) is 22.4 Å². The zero-order valence-corrected chi connectivity index (χ0v) is 10.5. The summed E-state index contributed by atoms with van der Waals surface area (Å²) in [5.41, 5.74) is 0.855. The van der Waals surface area contributed by atoms with Crippen LogP contribution in [0.3, 0.4) is 0 Å². The van der Waals surface area contributed by atoms with Gasteiger partial charge in [-0.25, -0.2) is 4.79 Å². The van der Waals surface area contributed by atoms with E-state index in [0.717, 1.165) is 0 Å².